The number of hydrogen-bond acceptors (Lipinski definition) is 4. The molecule has 0 bridgehead atoms. The summed E-state index contributed by atoms with van der Waals surface area (Å²) in [4.78, 5) is 0. The molecule has 2 aliphatic rings. The van der Waals surface area contributed by atoms with E-state index in [1.807, 2.05) is 28.2 Å². The summed E-state index contributed by atoms with van der Waals surface area (Å²) in [5.74, 6) is 1.26. The topological polar surface area (TPSA) is 43.2 Å². The molecule has 0 N–H and O–H groups in total. The summed E-state index contributed by atoms with van der Waals surface area (Å²) in [6, 6.07) is 0. The number of rotatable bonds is 0. The Morgan fingerprint density at radius 3 is 1.23 bits per heavy atom. The maximum absolute atomic E-state index is 7.29. The van der Waals surface area contributed by atoms with Crippen molar-refractivity contribution in [3.05, 3.63) is 0 Å². The van der Waals surface area contributed by atoms with Gasteiger partial charge in [0.05, 0.1) is 0 Å². The van der Waals surface area contributed by atoms with Gasteiger partial charge in [-0.25, -0.2) is 0 Å². The van der Waals surface area contributed by atoms with Gasteiger partial charge in [0.15, 0.2) is 0 Å². The summed E-state index contributed by atoms with van der Waals surface area (Å²) >= 11 is 7.29. The fourth-order valence-corrected chi connectivity index (χ4v) is 8.34. The Bertz CT molecular complexity index is 535. The van der Waals surface area contributed by atoms with E-state index in [0.717, 1.165) is 0 Å². The van der Waals surface area contributed by atoms with Crippen LogP contribution in [0.15, 0.2) is 10.2 Å². The molecule has 0 saturated heterocycles. The molecule has 0 aliphatic carbocycles. The Balaban J connectivity index is 2.61. The first kappa shape index (κ1) is 17.7. The molecule has 1 spiro atoms. The van der Waals surface area contributed by atoms with Crippen molar-refractivity contribution in [2.24, 2.45) is 21.0 Å². The summed E-state index contributed by atoms with van der Waals surface area (Å²) in [6.45, 7) is 12.4. The first-order chi connectivity index (χ1) is 9.44. The van der Waals surface area contributed by atoms with E-state index in [4.69, 9.17) is 30.1 Å². The van der Waals surface area contributed by atoms with Crippen molar-refractivity contribution in [1.29, 1.82) is 0 Å². The summed E-state index contributed by atoms with van der Waals surface area (Å²) < 4.78 is 13.1. The molecule has 2 aliphatic heterocycles. The van der Waals surface area contributed by atoms with E-state index < -0.39 is 7.47 Å². The summed E-state index contributed by atoms with van der Waals surface area (Å²) in [5, 5.41) is 9.55. The number of quaternary nitrogens is 2. The van der Waals surface area contributed by atoms with E-state index in [2.05, 4.69) is 41.5 Å². The Hall–Kier alpha value is -0.633. The Labute approximate surface area is 139 Å². The second-order valence-corrected chi connectivity index (χ2v) is 16.8. The summed E-state index contributed by atoms with van der Waals surface area (Å²) in [5.41, 5.74) is -0.478. The molecule has 0 unspecified atom stereocenters. The van der Waals surface area contributed by atoms with E-state index in [1.54, 1.807) is 0 Å². The first-order valence-corrected chi connectivity index (χ1v) is 11.5. The van der Waals surface area contributed by atoms with Crippen LogP contribution >= 0.6 is 11.1 Å². The number of halogens is 1. The molecule has 6 nitrogen and oxygen atoms in total. The molecule has 0 saturated carbocycles. The standard InChI is InChI=1S/C14H31ClN4O2Si/c1-13(2,3)11-16-18(7,8)22(15,20-11)19(9,10)17-12(21-22)14(4,5)6/h22H,1-10H3. The molecule has 2 rings (SSSR count). The van der Waals surface area contributed by atoms with E-state index in [-0.39, 0.29) is 19.3 Å². The molecule has 0 aromatic carbocycles. The van der Waals surface area contributed by atoms with Gasteiger partial charge in [-0.3, -0.25) is 0 Å². The predicted molar refractivity (Wildman–Crippen MR) is 93.2 cm³/mol. The fourth-order valence-electron chi connectivity index (χ4n) is 2.97. The molecule has 0 amide bonds. The van der Waals surface area contributed by atoms with Crippen LogP contribution in [0.3, 0.4) is 0 Å². The summed E-state index contributed by atoms with van der Waals surface area (Å²) in [6.07, 6.45) is 0. The van der Waals surface area contributed by atoms with Gasteiger partial charge in [0.2, 0.25) is 0 Å². The van der Waals surface area contributed by atoms with Gasteiger partial charge < -0.3 is 0 Å². The van der Waals surface area contributed by atoms with E-state index in [9.17, 15) is 0 Å². The number of hydrogen-bond donors (Lipinski definition) is 0. The van der Waals surface area contributed by atoms with Crippen LogP contribution in [0.1, 0.15) is 41.5 Å². The van der Waals surface area contributed by atoms with Crippen LogP contribution in [0.5, 0.6) is 0 Å². The number of nitrogens with zero attached hydrogens (tertiary/aromatic N) is 4. The quantitative estimate of drug-likeness (QED) is 0.498. The van der Waals surface area contributed by atoms with Crippen LogP contribution in [0.25, 0.3) is 0 Å². The second kappa shape index (κ2) is 4.06. The van der Waals surface area contributed by atoms with Crippen molar-refractivity contribution in [1.82, 2.24) is 0 Å². The van der Waals surface area contributed by atoms with Gasteiger partial charge in [0, 0.05) is 0 Å². The van der Waals surface area contributed by atoms with E-state index in [0.29, 0.717) is 11.8 Å². The normalized spacial score (nSPS) is 29.9. The minimum absolute atomic E-state index is 0.138. The van der Waals surface area contributed by atoms with Crippen LogP contribution in [-0.2, 0) is 8.85 Å². The molecule has 8 heteroatoms. The van der Waals surface area contributed by atoms with E-state index in [1.165, 1.54) is 0 Å². The zero-order valence-corrected chi connectivity index (χ0v) is 17.5. The Kier molecular flexibility index (Phi) is 3.27. The van der Waals surface area contributed by atoms with Gasteiger partial charge >= 0.3 is 138 Å². The van der Waals surface area contributed by atoms with Crippen molar-refractivity contribution >= 4 is 30.3 Å². The average molecular weight is 351 g/mol. The zero-order chi connectivity index (χ0) is 17.4. The first-order valence-electron chi connectivity index (χ1n) is 7.75. The van der Waals surface area contributed by atoms with Crippen LogP contribution in [0, 0.1) is 10.8 Å². The van der Waals surface area contributed by atoms with Crippen molar-refractivity contribution in [3.8, 4) is 0 Å². The summed E-state index contributed by atoms with van der Waals surface area (Å²) in [7, 11) is 3.31. The third-order valence-corrected chi connectivity index (χ3v) is 13.7. The molecule has 0 atom stereocenters. The average Bonchev–Trinajstić information content (AvgIpc) is 2.58. The fraction of sp³-hybridized carbons (Fsp3) is 0.857. The van der Waals surface area contributed by atoms with Gasteiger partial charge in [-0.1, -0.05) is 0 Å². The molecule has 0 fully saturated rings. The molecule has 0 radical (unpaired) electrons. The minimum atomic E-state index is -4.45. The molecular formula is C14H31ClN4O2Si. The third kappa shape index (κ3) is 1.99. The SMILES string of the molecule is CC(C)(C)C1=N[N+](C)(C)[SiH-2]2(Cl)(O1)OC(C(C)(C)C)=N[N+]2(C)C. The molecule has 0 aromatic rings. The molecule has 130 valence electrons. The van der Waals surface area contributed by atoms with Crippen molar-refractivity contribution in [2.45, 2.75) is 41.5 Å². The molecule has 0 aromatic heterocycles. The van der Waals surface area contributed by atoms with Gasteiger partial charge in [-0.05, 0) is 0 Å². The van der Waals surface area contributed by atoms with Crippen LogP contribution in [0.2, 0.25) is 0 Å². The molecular weight excluding hydrogens is 320 g/mol. The predicted octanol–water partition coefficient (Wildman–Crippen LogP) is 2.78. The van der Waals surface area contributed by atoms with Crippen LogP contribution in [0.4, 0.5) is 0 Å². The molecule has 2 heterocycles. The molecule has 22 heavy (non-hydrogen) atoms. The Morgan fingerprint density at radius 1 is 0.773 bits per heavy atom. The van der Waals surface area contributed by atoms with Gasteiger partial charge in [-0.15, -0.1) is 0 Å². The van der Waals surface area contributed by atoms with Crippen molar-refractivity contribution < 1.29 is 17.4 Å². The second-order valence-electron chi connectivity index (χ2n) is 9.51. The Morgan fingerprint density at radius 2 is 1.05 bits per heavy atom. The maximum atomic E-state index is 7.29. The van der Waals surface area contributed by atoms with Crippen LogP contribution in [-0.4, -0.2) is 56.0 Å². The monoisotopic (exact) mass is 350 g/mol. The van der Waals surface area contributed by atoms with Crippen molar-refractivity contribution in [2.75, 3.05) is 28.2 Å². The third-order valence-electron chi connectivity index (χ3n) is 4.67. The van der Waals surface area contributed by atoms with Gasteiger partial charge in [0.25, 0.3) is 0 Å². The van der Waals surface area contributed by atoms with Gasteiger partial charge in [0.1, 0.15) is 0 Å². The zero-order valence-electron chi connectivity index (χ0n) is 15.6. The van der Waals surface area contributed by atoms with Gasteiger partial charge in [-0.2, -0.15) is 0 Å². The van der Waals surface area contributed by atoms with E-state index >= 15 is 0 Å². The van der Waals surface area contributed by atoms with Crippen LogP contribution < -0.4 is 0 Å². The van der Waals surface area contributed by atoms with Crippen molar-refractivity contribution in [3.63, 3.8) is 0 Å².